The Morgan fingerprint density at radius 3 is 2.45 bits per heavy atom. The summed E-state index contributed by atoms with van der Waals surface area (Å²) in [4.78, 5) is 15.6. The third kappa shape index (κ3) is 3.63. The Hall–Kier alpha value is -1.75. The number of nitrogens with two attached hydrogens (primary N) is 1. The molecule has 0 radical (unpaired) electrons. The number of carboxylic acids is 1. The molecule has 0 aliphatic heterocycles. The van der Waals surface area contributed by atoms with Crippen molar-refractivity contribution in [3.8, 4) is 0 Å². The maximum Gasteiger partial charge on any atom is 0.337 e. The van der Waals surface area contributed by atoms with Crippen LogP contribution < -0.4 is 10.6 Å². The van der Waals surface area contributed by atoms with Crippen LogP contribution >= 0.6 is 0 Å². The van der Waals surface area contributed by atoms with E-state index in [0.29, 0.717) is 11.7 Å². The molecule has 0 aliphatic rings. The van der Waals surface area contributed by atoms with Crippen LogP contribution in [0.2, 0.25) is 0 Å². The van der Waals surface area contributed by atoms with Crippen LogP contribution in [0.3, 0.4) is 0 Å². The van der Waals surface area contributed by atoms with Crippen molar-refractivity contribution in [3.05, 3.63) is 23.3 Å². The lowest BCUT2D eigenvalue weighted by Gasteiger charge is -2.32. The van der Waals surface area contributed by atoms with Gasteiger partial charge in [-0.1, -0.05) is 0 Å². The topological polar surface area (TPSA) is 69.8 Å². The maximum atomic E-state index is 11.3. The predicted octanol–water partition coefficient (Wildman–Crippen LogP) is 2.05. The summed E-state index contributed by atoms with van der Waals surface area (Å²) in [6.07, 6.45) is 0. The highest BCUT2D eigenvalue weighted by atomic mass is 16.4. The molecule has 1 aromatic carbocycles. The van der Waals surface area contributed by atoms with Crippen LogP contribution in [0.5, 0.6) is 0 Å². The van der Waals surface area contributed by atoms with E-state index in [4.69, 9.17) is 5.73 Å². The Kier molecular flexibility index (Phi) is 5.39. The van der Waals surface area contributed by atoms with Gasteiger partial charge >= 0.3 is 5.97 Å². The number of aryl methyl sites for hydroxylation is 1. The molecule has 0 saturated heterocycles. The lowest BCUT2D eigenvalue weighted by Crippen LogP contribution is -2.40. The number of likely N-dealkylation sites (N-methyl/N-ethyl adjacent to an activating group) is 2. The van der Waals surface area contributed by atoms with Crippen LogP contribution in [0.4, 0.5) is 11.4 Å². The van der Waals surface area contributed by atoms with E-state index < -0.39 is 5.97 Å². The lowest BCUT2D eigenvalue weighted by molar-refractivity contribution is 0.0698. The third-order valence-corrected chi connectivity index (χ3v) is 3.44. The number of carbonyl (C=O) groups is 1. The second kappa shape index (κ2) is 6.61. The largest absolute Gasteiger partial charge is 0.478 e. The standard InChI is InChI=1S/C15H25N3O2/c1-6-18(11(3)9-17(4)5)12-7-10(2)14(16)13(8-12)15(19)20/h7-8,11H,6,9,16H2,1-5H3,(H,19,20). The fourth-order valence-electron chi connectivity index (χ4n) is 2.50. The van der Waals surface area contributed by atoms with Crippen LogP contribution in [0.1, 0.15) is 29.8 Å². The van der Waals surface area contributed by atoms with E-state index in [9.17, 15) is 9.90 Å². The van der Waals surface area contributed by atoms with E-state index in [1.54, 1.807) is 6.07 Å². The van der Waals surface area contributed by atoms with Gasteiger partial charge in [-0.05, 0) is 52.6 Å². The van der Waals surface area contributed by atoms with Crippen molar-refractivity contribution in [3.63, 3.8) is 0 Å². The number of anilines is 2. The number of nitrogens with zero attached hydrogens (tertiary/aromatic N) is 2. The zero-order valence-corrected chi connectivity index (χ0v) is 13.0. The first kappa shape index (κ1) is 16.3. The fraction of sp³-hybridized carbons (Fsp3) is 0.533. The number of nitrogen functional groups attached to an aromatic ring is 1. The van der Waals surface area contributed by atoms with E-state index in [1.165, 1.54) is 0 Å². The lowest BCUT2D eigenvalue weighted by atomic mass is 10.1. The molecule has 0 fully saturated rings. The van der Waals surface area contributed by atoms with Crippen LogP contribution in [-0.2, 0) is 0 Å². The molecule has 20 heavy (non-hydrogen) atoms. The van der Waals surface area contributed by atoms with Crippen LogP contribution in [-0.4, -0.2) is 49.2 Å². The molecule has 3 N–H and O–H groups in total. The first-order valence-electron chi connectivity index (χ1n) is 6.82. The van der Waals surface area contributed by atoms with Crippen molar-refractivity contribution in [1.29, 1.82) is 0 Å². The summed E-state index contributed by atoms with van der Waals surface area (Å²) in [5, 5.41) is 9.25. The summed E-state index contributed by atoms with van der Waals surface area (Å²) >= 11 is 0. The molecule has 0 aliphatic carbocycles. The second-order valence-corrected chi connectivity index (χ2v) is 5.43. The minimum absolute atomic E-state index is 0.176. The first-order chi connectivity index (χ1) is 9.27. The van der Waals surface area contributed by atoms with Gasteiger partial charge in [0.25, 0.3) is 0 Å². The third-order valence-electron chi connectivity index (χ3n) is 3.44. The Morgan fingerprint density at radius 2 is 2.00 bits per heavy atom. The minimum atomic E-state index is -0.983. The molecular formula is C15H25N3O2. The van der Waals surface area contributed by atoms with Crippen molar-refractivity contribution in [2.45, 2.75) is 26.8 Å². The van der Waals surface area contributed by atoms with Gasteiger partial charge in [-0.25, -0.2) is 4.79 Å². The quantitative estimate of drug-likeness (QED) is 0.780. The van der Waals surface area contributed by atoms with E-state index >= 15 is 0 Å². The molecule has 0 spiro atoms. The summed E-state index contributed by atoms with van der Waals surface area (Å²) in [6, 6.07) is 3.91. The van der Waals surface area contributed by atoms with Crippen LogP contribution in [0.25, 0.3) is 0 Å². The molecule has 5 heteroatoms. The molecule has 112 valence electrons. The van der Waals surface area contributed by atoms with Crippen molar-refractivity contribution in [2.75, 3.05) is 37.8 Å². The zero-order valence-electron chi connectivity index (χ0n) is 13.0. The molecule has 1 unspecified atom stereocenters. The van der Waals surface area contributed by atoms with Gasteiger partial charge in [-0.2, -0.15) is 0 Å². The second-order valence-electron chi connectivity index (χ2n) is 5.43. The predicted molar refractivity (Wildman–Crippen MR) is 83.6 cm³/mol. The number of hydrogen-bond acceptors (Lipinski definition) is 4. The molecule has 0 amide bonds. The van der Waals surface area contributed by atoms with E-state index in [1.807, 2.05) is 27.1 Å². The van der Waals surface area contributed by atoms with Crippen LogP contribution in [0, 0.1) is 6.92 Å². The van der Waals surface area contributed by atoms with E-state index in [-0.39, 0.29) is 5.56 Å². The van der Waals surface area contributed by atoms with E-state index in [0.717, 1.165) is 24.3 Å². The van der Waals surface area contributed by atoms with Crippen LogP contribution in [0.15, 0.2) is 12.1 Å². The number of aromatic carboxylic acids is 1. The molecule has 0 heterocycles. The number of benzene rings is 1. The highest BCUT2D eigenvalue weighted by Crippen LogP contribution is 2.26. The fourth-order valence-corrected chi connectivity index (χ4v) is 2.50. The Morgan fingerprint density at radius 1 is 1.40 bits per heavy atom. The van der Waals surface area contributed by atoms with Gasteiger partial charge in [0.05, 0.1) is 5.56 Å². The minimum Gasteiger partial charge on any atom is -0.478 e. The Balaban J connectivity index is 3.19. The average Bonchev–Trinajstić information content (AvgIpc) is 2.32. The summed E-state index contributed by atoms with van der Waals surface area (Å²) in [5.74, 6) is -0.983. The van der Waals surface area contributed by atoms with Gasteiger partial charge in [-0.3, -0.25) is 0 Å². The highest BCUT2D eigenvalue weighted by molar-refractivity contribution is 5.95. The van der Waals surface area contributed by atoms with Crippen molar-refractivity contribution in [1.82, 2.24) is 4.90 Å². The van der Waals surface area contributed by atoms with Gasteiger partial charge in [0, 0.05) is 30.5 Å². The number of hydrogen-bond donors (Lipinski definition) is 2. The normalized spacial score (nSPS) is 12.5. The molecule has 1 aromatic rings. The van der Waals surface area contributed by atoms with Gasteiger partial charge in [0.2, 0.25) is 0 Å². The van der Waals surface area contributed by atoms with Gasteiger partial charge in [0.15, 0.2) is 0 Å². The summed E-state index contributed by atoms with van der Waals surface area (Å²) in [7, 11) is 4.06. The average molecular weight is 279 g/mol. The smallest absolute Gasteiger partial charge is 0.337 e. The maximum absolute atomic E-state index is 11.3. The Labute approximate surface area is 121 Å². The Bertz CT molecular complexity index is 486. The summed E-state index contributed by atoms with van der Waals surface area (Å²) < 4.78 is 0. The van der Waals surface area contributed by atoms with Gasteiger partial charge in [-0.15, -0.1) is 0 Å². The molecule has 5 nitrogen and oxygen atoms in total. The molecule has 0 bridgehead atoms. The highest BCUT2D eigenvalue weighted by Gasteiger charge is 2.18. The van der Waals surface area contributed by atoms with Gasteiger partial charge < -0.3 is 20.6 Å². The summed E-state index contributed by atoms with van der Waals surface area (Å²) in [5.41, 5.74) is 8.07. The first-order valence-corrected chi connectivity index (χ1v) is 6.82. The molecule has 0 saturated carbocycles. The monoisotopic (exact) mass is 279 g/mol. The molecule has 1 rings (SSSR count). The molecule has 0 aromatic heterocycles. The van der Waals surface area contributed by atoms with Crippen molar-refractivity contribution in [2.24, 2.45) is 0 Å². The zero-order chi connectivity index (χ0) is 15.4. The number of carboxylic acid groups (broad SMARTS) is 1. The van der Waals surface area contributed by atoms with Gasteiger partial charge in [0.1, 0.15) is 0 Å². The van der Waals surface area contributed by atoms with Crippen molar-refractivity contribution < 1.29 is 9.90 Å². The SMILES string of the molecule is CCN(c1cc(C)c(N)c(C(=O)O)c1)C(C)CN(C)C. The van der Waals surface area contributed by atoms with Crippen molar-refractivity contribution >= 4 is 17.3 Å². The summed E-state index contributed by atoms with van der Waals surface area (Å²) in [6.45, 7) is 7.76. The van der Waals surface area contributed by atoms with E-state index in [2.05, 4.69) is 23.6 Å². The molecular weight excluding hydrogens is 254 g/mol. The molecule has 1 atom stereocenters. The number of rotatable bonds is 6.